The molecular weight excluding hydrogens is 294 g/mol. The van der Waals surface area contributed by atoms with Gasteiger partial charge >= 0.3 is 0 Å². The van der Waals surface area contributed by atoms with Gasteiger partial charge in [-0.2, -0.15) is 0 Å². The molecule has 1 aromatic rings. The van der Waals surface area contributed by atoms with E-state index in [1.54, 1.807) is 0 Å². The molecule has 2 unspecified atom stereocenters. The minimum absolute atomic E-state index is 0.612. The third-order valence-corrected chi connectivity index (χ3v) is 5.21. The standard InChI is InChI=1S/C14H24BrNS/c1-4-6-7-11(3)13(16-5-2)10-14-12(15)8-9-17-14/h8-9,11,13,16H,4-7,10H2,1-3H3. The van der Waals surface area contributed by atoms with Gasteiger partial charge in [-0.1, -0.05) is 33.6 Å². The molecule has 17 heavy (non-hydrogen) atoms. The Hall–Kier alpha value is 0.140. The molecule has 2 atom stereocenters. The molecular formula is C14H24BrNS. The van der Waals surface area contributed by atoms with Crippen LogP contribution in [0.3, 0.4) is 0 Å². The van der Waals surface area contributed by atoms with E-state index in [9.17, 15) is 0 Å². The van der Waals surface area contributed by atoms with Crippen LogP contribution in [0.4, 0.5) is 0 Å². The zero-order valence-corrected chi connectivity index (χ0v) is 13.5. The van der Waals surface area contributed by atoms with Crippen LogP contribution < -0.4 is 5.32 Å². The first-order valence-corrected chi connectivity index (χ1v) is 8.31. The van der Waals surface area contributed by atoms with Crippen molar-refractivity contribution in [3.63, 3.8) is 0 Å². The highest BCUT2D eigenvalue weighted by Gasteiger charge is 2.18. The van der Waals surface area contributed by atoms with E-state index < -0.39 is 0 Å². The Morgan fingerprint density at radius 3 is 2.71 bits per heavy atom. The molecule has 3 heteroatoms. The number of halogens is 1. The molecule has 1 nitrogen and oxygen atoms in total. The van der Waals surface area contributed by atoms with Gasteiger partial charge in [-0.25, -0.2) is 0 Å². The lowest BCUT2D eigenvalue weighted by molar-refractivity contribution is 0.353. The van der Waals surface area contributed by atoms with Crippen molar-refractivity contribution in [1.29, 1.82) is 0 Å². The second-order valence-corrected chi connectivity index (χ2v) is 6.53. The number of rotatable bonds is 8. The SMILES string of the molecule is CCCCC(C)C(Cc1sccc1Br)NCC. The van der Waals surface area contributed by atoms with E-state index in [0.717, 1.165) is 18.9 Å². The largest absolute Gasteiger partial charge is 0.314 e. The number of hydrogen-bond acceptors (Lipinski definition) is 2. The lowest BCUT2D eigenvalue weighted by Gasteiger charge is -2.24. The molecule has 0 saturated carbocycles. The summed E-state index contributed by atoms with van der Waals surface area (Å²) in [4.78, 5) is 1.47. The molecule has 0 saturated heterocycles. The Morgan fingerprint density at radius 2 is 2.18 bits per heavy atom. The minimum atomic E-state index is 0.612. The van der Waals surface area contributed by atoms with Crippen molar-refractivity contribution >= 4 is 27.3 Å². The molecule has 0 aliphatic rings. The molecule has 0 spiro atoms. The van der Waals surface area contributed by atoms with Gasteiger partial charge in [0.2, 0.25) is 0 Å². The van der Waals surface area contributed by atoms with E-state index in [0.29, 0.717) is 6.04 Å². The Morgan fingerprint density at radius 1 is 1.41 bits per heavy atom. The third-order valence-electron chi connectivity index (χ3n) is 3.26. The normalized spacial score (nSPS) is 14.8. The number of thiophene rings is 1. The fraction of sp³-hybridized carbons (Fsp3) is 0.714. The van der Waals surface area contributed by atoms with Crippen LogP contribution in [0.5, 0.6) is 0 Å². The highest BCUT2D eigenvalue weighted by molar-refractivity contribution is 9.10. The maximum Gasteiger partial charge on any atom is 0.0314 e. The number of unbranched alkanes of at least 4 members (excludes halogenated alkanes) is 1. The summed E-state index contributed by atoms with van der Waals surface area (Å²) in [6.07, 6.45) is 5.12. The van der Waals surface area contributed by atoms with Crippen molar-refractivity contribution in [2.75, 3.05) is 6.54 Å². The van der Waals surface area contributed by atoms with E-state index in [-0.39, 0.29) is 0 Å². The van der Waals surface area contributed by atoms with Crippen LogP contribution in [-0.2, 0) is 6.42 Å². The predicted octanol–water partition coefficient (Wildman–Crippen LogP) is 4.86. The van der Waals surface area contributed by atoms with Crippen LogP contribution in [0.15, 0.2) is 15.9 Å². The van der Waals surface area contributed by atoms with E-state index >= 15 is 0 Å². The summed E-state index contributed by atoms with van der Waals surface area (Å²) in [5, 5.41) is 5.81. The van der Waals surface area contributed by atoms with Gasteiger partial charge in [0.05, 0.1) is 0 Å². The van der Waals surface area contributed by atoms with E-state index in [1.165, 1.54) is 28.6 Å². The fourth-order valence-corrected chi connectivity index (χ4v) is 3.71. The molecule has 0 bridgehead atoms. The molecule has 98 valence electrons. The van der Waals surface area contributed by atoms with Crippen LogP contribution in [0, 0.1) is 5.92 Å². The van der Waals surface area contributed by atoms with Gasteiger partial charge in [0.1, 0.15) is 0 Å². The lowest BCUT2D eigenvalue weighted by atomic mass is 9.93. The molecule has 1 rings (SSSR count). The highest BCUT2D eigenvalue weighted by atomic mass is 79.9. The molecule has 0 amide bonds. The fourth-order valence-electron chi connectivity index (χ4n) is 2.13. The van der Waals surface area contributed by atoms with Crippen molar-refractivity contribution in [3.8, 4) is 0 Å². The van der Waals surface area contributed by atoms with Crippen molar-refractivity contribution in [2.45, 2.75) is 52.5 Å². The molecule has 0 radical (unpaired) electrons. The average Bonchev–Trinajstić information content (AvgIpc) is 2.71. The second kappa shape index (κ2) is 8.28. The summed E-state index contributed by atoms with van der Waals surface area (Å²) >= 11 is 5.49. The first-order chi connectivity index (χ1) is 8.19. The molecule has 1 heterocycles. The third kappa shape index (κ3) is 5.11. The highest BCUT2D eigenvalue weighted by Crippen LogP contribution is 2.26. The molecule has 1 N–H and O–H groups in total. The average molecular weight is 318 g/mol. The van der Waals surface area contributed by atoms with Crippen LogP contribution in [-0.4, -0.2) is 12.6 Å². The predicted molar refractivity (Wildman–Crippen MR) is 81.9 cm³/mol. The molecule has 0 aliphatic carbocycles. The van der Waals surface area contributed by atoms with Gasteiger partial charge < -0.3 is 5.32 Å². The topological polar surface area (TPSA) is 12.0 Å². The second-order valence-electron chi connectivity index (χ2n) is 4.68. The van der Waals surface area contributed by atoms with Crippen LogP contribution >= 0.6 is 27.3 Å². The van der Waals surface area contributed by atoms with Crippen molar-refractivity contribution in [1.82, 2.24) is 5.32 Å². The number of nitrogens with one attached hydrogen (secondary N) is 1. The molecule has 0 aliphatic heterocycles. The molecule has 0 fully saturated rings. The molecule has 0 aromatic carbocycles. The summed E-state index contributed by atoms with van der Waals surface area (Å²) in [5.41, 5.74) is 0. The maximum atomic E-state index is 3.64. The van der Waals surface area contributed by atoms with E-state index in [2.05, 4.69) is 53.5 Å². The van der Waals surface area contributed by atoms with Gasteiger partial charge in [0.25, 0.3) is 0 Å². The van der Waals surface area contributed by atoms with Crippen LogP contribution in [0.1, 0.15) is 44.9 Å². The van der Waals surface area contributed by atoms with Crippen molar-refractivity contribution in [3.05, 3.63) is 20.8 Å². The summed E-state index contributed by atoms with van der Waals surface area (Å²) in [6, 6.07) is 2.76. The first-order valence-electron chi connectivity index (χ1n) is 6.64. The van der Waals surface area contributed by atoms with Gasteiger partial charge in [-0.3, -0.25) is 0 Å². The Balaban J connectivity index is 2.56. The van der Waals surface area contributed by atoms with E-state index in [4.69, 9.17) is 0 Å². The van der Waals surface area contributed by atoms with E-state index in [1.807, 2.05) is 11.3 Å². The zero-order valence-electron chi connectivity index (χ0n) is 11.1. The van der Waals surface area contributed by atoms with Gasteiger partial charge in [0, 0.05) is 15.4 Å². The van der Waals surface area contributed by atoms with Gasteiger partial charge in [-0.15, -0.1) is 11.3 Å². The number of hydrogen-bond donors (Lipinski definition) is 1. The van der Waals surface area contributed by atoms with Crippen molar-refractivity contribution in [2.24, 2.45) is 5.92 Å². The number of likely N-dealkylation sites (N-methyl/N-ethyl adjacent to an activating group) is 1. The summed E-state index contributed by atoms with van der Waals surface area (Å²) in [6.45, 7) is 7.91. The minimum Gasteiger partial charge on any atom is -0.314 e. The van der Waals surface area contributed by atoms with Crippen LogP contribution in [0.2, 0.25) is 0 Å². The van der Waals surface area contributed by atoms with Crippen molar-refractivity contribution < 1.29 is 0 Å². The smallest absolute Gasteiger partial charge is 0.0314 e. The quantitative estimate of drug-likeness (QED) is 0.722. The summed E-state index contributed by atoms with van der Waals surface area (Å²) in [5.74, 6) is 0.754. The molecule has 1 aromatic heterocycles. The summed E-state index contributed by atoms with van der Waals surface area (Å²) in [7, 11) is 0. The maximum absolute atomic E-state index is 3.64. The van der Waals surface area contributed by atoms with Crippen LogP contribution in [0.25, 0.3) is 0 Å². The Labute approximate surface area is 118 Å². The Bertz CT molecular complexity index is 311. The Kier molecular flexibility index (Phi) is 7.40. The summed E-state index contributed by atoms with van der Waals surface area (Å²) < 4.78 is 1.27. The lowest BCUT2D eigenvalue weighted by Crippen LogP contribution is -2.36. The first kappa shape index (κ1) is 15.2. The zero-order chi connectivity index (χ0) is 12.7. The monoisotopic (exact) mass is 317 g/mol. The van der Waals surface area contributed by atoms with Gasteiger partial charge in [-0.05, 0) is 52.7 Å². The van der Waals surface area contributed by atoms with Gasteiger partial charge in [0.15, 0.2) is 0 Å².